The summed E-state index contributed by atoms with van der Waals surface area (Å²) in [5.41, 5.74) is 17.9. The van der Waals surface area contributed by atoms with Crippen LogP contribution in [0, 0.1) is 0 Å². The van der Waals surface area contributed by atoms with E-state index in [9.17, 15) is 14.2 Å². The molecule has 4 aliphatic rings. The number of nitrogen functional groups attached to an aromatic ring is 3. The zero-order chi connectivity index (χ0) is 60.9. The Morgan fingerprint density at radius 2 is 1.00 bits per heavy atom. The van der Waals surface area contributed by atoms with Crippen molar-refractivity contribution in [3.63, 3.8) is 0 Å². The molecule has 0 bridgehead atoms. The van der Waals surface area contributed by atoms with E-state index in [1.54, 1.807) is 81.3 Å². The number of ether oxygens (including phenoxy) is 4. The van der Waals surface area contributed by atoms with Crippen molar-refractivity contribution in [2.45, 2.75) is 56.1 Å². The van der Waals surface area contributed by atoms with Crippen molar-refractivity contribution >= 4 is 82.4 Å². The molecule has 12 atom stereocenters. The van der Waals surface area contributed by atoms with Gasteiger partial charge in [0.2, 0.25) is 11.9 Å². The second kappa shape index (κ2) is 25.5. The fraction of sp³-hybridized carbons (Fsp3) is 0.659. The van der Waals surface area contributed by atoms with Crippen molar-refractivity contribution in [2.75, 3.05) is 152 Å². The Bertz CT molecular complexity index is 3660. The lowest BCUT2D eigenvalue weighted by molar-refractivity contribution is -0.125. The van der Waals surface area contributed by atoms with E-state index in [0.717, 1.165) is 0 Å². The molecular weight excluding hydrogens is 1200 g/mol. The highest BCUT2D eigenvalue weighted by atomic mass is 31.2. The topological polar surface area (TPSA) is 426 Å². The molecule has 466 valence electrons. The number of fused-ring (bicyclic) bond motifs is 3. The molecule has 4 fully saturated rings. The SMILES string of the molecule is C[C@H]1CN(P(=O)(OC[C@@H]2CNC[C@H](n3cnc4c(N)ncnc43)O2)N(C)C)C[C@@H](COP(=O)(N(C)C)N2C[C@@H](COP(=O)(N(C)C)N3C[C@@H](CO[P+](=O)N(C)C)O[C@@H](n4cnc5c(=O)[nH]c(N)nc54)C3)O[C@@H](n3cnc4c(=O)[nH]c(N)nc43)C2)O1. The van der Waals surface area contributed by atoms with Gasteiger partial charge in [0.15, 0.2) is 33.8 Å². The average Bonchev–Trinajstić information content (AvgIpc) is 3.43. The smallest absolute Gasteiger partial charge is 0.382 e. The predicted molar refractivity (Wildman–Crippen MR) is 307 cm³/mol. The third-order valence-electron chi connectivity index (χ3n) is 14.4. The first kappa shape index (κ1) is 62.8. The van der Waals surface area contributed by atoms with Crippen LogP contribution < -0.4 is 33.6 Å². The number of rotatable bonds is 22. The number of nitrogens with zero attached hydrogens (tertiary/aromatic N) is 17. The first-order chi connectivity index (χ1) is 40.3. The number of aromatic nitrogens is 12. The highest BCUT2D eigenvalue weighted by molar-refractivity contribution is 7.54. The van der Waals surface area contributed by atoms with Crippen LogP contribution in [0.4, 0.5) is 17.7 Å². The van der Waals surface area contributed by atoms with Crippen LogP contribution in [0.25, 0.3) is 33.5 Å². The highest BCUT2D eigenvalue weighted by Gasteiger charge is 2.48. The van der Waals surface area contributed by atoms with E-state index < -0.39 is 91.5 Å². The minimum Gasteiger partial charge on any atom is -0.382 e. The van der Waals surface area contributed by atoms with Crippen molar-refractivity contribution in [3.05, 3.63) is 46.0 Å². The molecule has 85 heavy (non-hydrogen) atoms. The first-order valence-electron chi connectivity index (χ1n) is 26.9. The van der Waals surface area contributed by atoms with E-state index in [2.05, 4.69) is 50.2 Å². The molecule has 0 spiro atoms. The number of imidazole rings is 3. The molecule has 9 N–H and O–H groups in total. The van der Waals surface area contributed by atoms with Gasteiger partial charge in [-0.3, -0.25) is 47.0 Å². The van der Waals surface area contributed by atoms with Crippen molar-refractivity contribution in [1.29, 1.82) is 0 Å². The molecule has 4 unspecified atom stereocenters. The van der Waals surface area contributed by atoms with Gasteiger partial charge in [-0.25, -0.2) is 52.9 Å². The molecule has 6 aromatic rings. The summed E-state index contributed by atoms with van der Waals surface area (Å²) < 4.78 is 126. The summed E-state index contributed by atoms with van der Waals surface area (Å²) in [6, 6.07) is 0. The Kier molecular flexibility index (Phi) is 18.8. The summed E-state index contributed by atoms with van der Waals surface area (Å²) in [6.07, 6.45) is -0.696. The van der Waals surface area contributed by atoms with Crippen LogP contribution in [0.2, 0.25) is 0 Å². The summed E-state index contributed by atoms with van der Waals surface area (Å²) in [5, 5.41) is 3.35. The summed E-state index contributed by atoms with van der Waals surface area (Å²) in [5.74, 6) is -0.118. The van der Waals surface area contributed by atoms with Gasteiger partial charge >= 0.3 is 31.2 Å². The maximum absolute atomic E-state index is 15.8. The van der Waals surface area contributed by atoms with Crippen LogP contribution in [-0.2, 0) is 55.3 Å². The Hall–Kier alpha value is -5.20. The Morgan fingerprint density at radius 3 is 1.49 bits per heavy atom. The van der Waals surface area contributed by atoms with Crippen LogP contribution in [0.1, 0.15) is 25.6 Å². The standard InChI is InChI=1S/C44H71N23O14P4/c1-26-12-62(83(71,59(4)5)75-19-27-10-48-11-31(79-27)65-23-51-34-37(45)49-22-50-38(34)65)14-29(78-26)20-76-85(73,61(8)9)64-15-30(81-33(17-64)67-25-53-36-40(67)55-44(47)57-42(36)69)21-77-84(72,60(6)7)63-13-28(18-74-82(70)58(2)3)80-32(16-63)66-24-52-35-39(66)54-43(46)56-41(35)68/h22-33,48H,10-21H2,1-9H3,(H7-,45,46,47,49,50,54,55,56,57,68,69)/p+1/t26-,27-,28-,29-,30-,31+,32+,33+,83?,84?,85?/m0/s1. The molecule has 10 heterocycles. The number of anilines is 3. The van der Waals surface area contributed by atoms with E-state index in [1.165, 1.54) is 46.8 Å². The molecule has 0 aromatic carbocycles. The largest absolute Gasteiger partial charge is 0.615 e. The van der Waals surface area contributed by atoms with Gasteiger partial charge in [-0.2, -0.15) is 9.97 Å². The number of H-pyrrole nitrogens is 2. The van der Waals surface area contributed by atoms with Crippen molar-refractivity contribution < 1.29 is 55.3 Å². The summed E-state index contributed by atoms with van der Waals surface area (Å²) in [7, 11) is -1.52. The lowest BCUT2D eigenvalue weighted by atomic mass is 10.2. The Morgan fingerprint density at radius 1 is 0.565 bits per heavy atom. The highest BCUT2D eigenvalue weighted by Crippen LogP contribution is 2.58. The van der Waals surface area contributed by atoms with Gasteiger partial charge in [-0.1, -0.05) is 4.67 Å². The zero-order valence-electron chi connectivity index (χ0n) is 48.3. The van der Waals surface area contributed by atoms with E-state index in [0.29, 0.717) is 24.3 Å². The van der Waals surface area contributed by atoms with E-state index in [1.807, 2.05) is 6.92 Å². The Labute approximate surface area is 487 Å². The van der Waals surface area contributed by atoms with E-state index in [-0.39, 0.29) is 106 Å². The maximum Gasteiger partial charge on any atom is 0.615 e. The van der Waals surface area contributed by atoms with Crippen LogP contribution in [-0.4, -0.2) is 257 Å². The number of hydrogen-bond donors (Lipinski definition) is 6. The number of nitrogens with two attached hydrogens (primary N) is 3. The minimum atomic E-state index is -4.15. The van der Waals surface area contributed by atoms with Gasteiger partial charge in [0.1, 0.15) is 43.2 Å². The third kappa shape index (κ3) is 13.0. The van der Waals surface area contributed by atoms with Crippen LogP contribution in [0.3, 0.4) is 0 Å². The lowest BCUT2D eigenvalue weighted by Crippen LogP contribution is -2.50. The minimum absolute atomic E-state index is 0.0205. The van der Waals surface area contributed by atoms with Gasteiger partial charge < -0.3 is 55.0 Å². The second-order valence-electron chi connectivity index (χ2n) is 21.4. The molecule has 10 rings (SSSR count). The number of hydrogen-bond acceptors (Lipinski definition) is 25. The lowest BCUT2D eigenvalue weighted by Gasteiger charge is -2.45. The molecule has 41 heteroatoms. The fourth-order valence-corrected chi connectivity index (χ4v) is 16.9. The van der Waals surface area contributed by atoms with Gasteiger partial charge in [0.05, 0.1) is 76.3 Å². The molecule has 37 nitrogen and oxygen atoms in total. The van der Waals surface area contributed by atoms with Gasteiger partial charge in [-0.15, -0.1) is 4.52 Å². The van der Waals surface area contributed by atoms with Crippen molar-refractivity contribution in [1.82, 2.24) is 96.6 Å². The molecule has 0 aliphatic carbocycles. The molecule has 0 radical (unpaired) electrons. The fourth-order valence-electron chi connectivity index (χ4n) is 10.3. The molecular formula is C44H72N23O14P4+. The van der Waals surface area contributed by atoms with Crippen molar-refractivity contribution in [2.24, 2.45) is 0 Å². The van der Waals surface area contributed by atoms with Crippen molar-refractivity contribution in [3.8, 4) is 0 Å². The average molecular weight is 1270 g/mol. The number of nitrogens with one attached hydrogen (secondary N) is 3. The predicted octanol–water partition coefficient (Wildman–Crippen LogP) is 0.109. The summed E-state index contributed by atoms with van der Waals surface area (Å²) in [4.78, 5) is 60.7. The summed E-state index contributed by atoms with van der Waals surface area (Å²) >= 11 is 0. The van der Waals surface area contributed by atoms with E-state index >= 15 is 13.7 Å². The quantitative estimate of drug-likeness (QED) is 0.0491. The molecule has 4 aliphatic heterocycles. The molecule has 0 amide bonds. The van der Waals surface area contributed by atoms with Crippen LogP contribution in [0.15, 0.2) is 34.9 Å². The van der Waals surface area contributed by atoms with Gasteiger partial charge in [0, 0.05) is 53.4 Å². The van der Waals surface area contributed by atoms with Crippen LogP contribution in [0.5, 0.6) is 0 Å². The summed E-state index contributed by atoms with van der Waals surface area (Å²) in [6.45, 7) is 1.63. The number of morpholine rings is 4. The van der Waals surface area contributed by atoms with Gasteiger partial charge in [0.25, 0.3) is 11.1 Å². The Balaban J connectivity index is 0.879. The van der Waals surface area contributed by atoms with E-state index in [4.69, 9.17) is 54.2 Å². The second-order valence-corrected chi connectivity index (χ2v) is 30.7. The monoisotopic (exact) mass is 1270 g/mol. The molecule has 4 saturated heterocycles. The number of aromatic amines is 2. The maximum atomic E-state index is 15.8. The normalized spacial score (nSPS) is 26.7. The first-order valence-corrected chi connectivity index (χ1v) is 32.6. The van der Waals surface area contributed by atoms with Gasteiger partial charge in [-0.05, 0) is 53.8 Å². The van der Waals surface area contributed by atoms with Crippen LogP contribution >= 0.6 is 31.2 Å². The molecule has 6 aromatic heterocycles. The molecule has 0 saturated carbocycles. The third-order valence-corrected chi connectivity index (χ3v) is 23.0. The zero-order valence-corrected chi connectivity index (χ0v) is 51.8.